The lowest BCUT2D eigenvalue weighted by Crippen LogP contribution is -2.55. The molecule has 29 heavy (non-hydrogen) atoms. The van der Waals surface area contributed by atoms with Gasteiger partial charge in [0.1, 0.15) is 0 Å². The van der Waals surface area contributed by atoms with E-state index in [4.69, 9.17) is 4.74 Å². The van der Waals surface area contributed by atoms with Crippen LogP contribution in [-0.4, -0.2) is 106 Å². The van der Waals surface area contributed by atoms with Crippen LogP contribution in [0.5, 0.6) is 0 Å². The van der Waals surface area contributed by atoms with Crippen molar-refractivity contribution in [3.63, 3.8) is 0 Å². The fourth-order valence-corrected chi connectivity index (χ4v) is 5.36. The molecule has 0 aromatic rings. The molecule has 2 heterocycles. The summed E-state index contributed by atoms with van der Waals surface area (Å²) in [6, 6.07) is 0.553. The van der Waals surface area contributed by atoms with E-state index in [-0.39, 0.29) is 18.5 Å². The molecular weight excluding hydrogens is 390 g/mol. The first-order valence-electron chi connectivity index (χ1n) is 11.0. The van der Waals surface area contributed by atoms with Crippen LogP contribution in [0, 0.1) is 5.92 Å². The lowest BCUT2D eigenvalue weighted by atomic mass is 10.1. The van der Waals surface area contributed by atoms with Crippen LogP contribution in [0.25, 0.3) is 0 Å². The van der Waals surface area contributed by atoms with Gasteiger partial charge >= 0.3 is 0 Å². The minimum absolute atomic E-state index is 0.0471. The van der Waals surface area contributed by atoms with Crippen LogP contribution in [0.3, 0.4) is 0 Å². The van der Waals surface area contributed by atoms with Crippen molar-refractivity contribution in [3.8, 4) is 0 Å². The number of nitrogens with one attached hydrogen (secondary N) is 1. The molecule has 0 spiro atoms. The molecule has 0 aromatic heterocycles. The number of sulfonamides is 1. The fourth-order valence-electron chi connectivity index (χ4n) is 4.07. The zero-order valence-electron chi connectivity index (χ0n) is 18.9. The first kappa shape index (κ1) is 24.4. The quantitative estimate of drug-likeness (QED) is 0.434. The molecule has 1 atom stereocenters. The molecule has 0 unspecified atom stereocenters. The summed E-state index contributed by atoms with van der Waals surface area (Å²) >= 11 is 0. The van der Waals surface area contributed by atoms with E-state index >= 15 is 0 Å². The molecule has 1 N–H and O–H groups in total. The van der Waals surface area contributed by atoms with Crippen molar-refractivity contribution in [1.29, 1.82) is 0 Å². The molecule has 170 valence electrons. The topological polar surface area (TPSA) is 77.5 Å². The van der Waals surface area contributed by atoms with Gasteiger partial charge in [-0.25, -0.2) is 8.42 Å². The smallest absolute Gasteiger partial charge is 0.216 e. The van der Waals surface area contributed by atoms with Crippen molar-refractivity contribution in [1.82, 2.24) is 19.4 Å². The number of hydrogen-bond donors (Lipinski definition) is 1. The minimum atomic E-state index is -3.26. The summed E-state index contributed by atoms with van der Waals surface area (Å²) in [6.07, 6.45) is 2.53. The Balaban J connectivity index is 1.79. The average molecular weight is 432 g/mol. The predicted molar refractivity (Wildman–Crippen MR) is 119 cm³/mol. The normalized spacial score (nSPS) is 22.8. The van der Waals surface area contributed by atoms with Gasteiger partial charge in [0.25, 0.3) is 0 Å². The Morgan fingerprint density at radius 3 is 2.41 bits per heavy atom. The molecule has 0 saturated carbocycles. The van der Waals surface area contributed by atoms with E-state index in [1.165, 1.54) is 19.4 Å². The summed E-state index contributed by atoms with van der Waals surface area (Å²) in [4.78, 5) is 9.18. The van der Waals surface area contributed by atoms with Gasteiger partial charge in [-0.2, -0.15) is 4.31 Å². The Labute approximate surface area is 177 Å². The maximum Gasteiger partial charge on any atom is 0.216 e. The molecule has 2 saturated heterocycles. The number of ether oxygens (including phenoxy) is 1. The SMILES string of the molecule is CN=C(NC[C@H]1CCCN1CC(C)C)N1CCN(S(=O)(=O)CCOC(C)C)CC1. The zero-order valence-corrected chi connectivity index (χ0v) is 19.7. The number of likely N-dealkylation sites (tertiary alicyclic amines) is 1. The monoisotopic (exact) mass is 431 g/mol. The third-order valence-electron chi connectivity index (χ3n) is 5.53. The van der Waals surface area contributed by atoms with Gasteiger partial charge in [0.2, 0.25) is 10.0 Å². The molecule has 0 radical (unpaired) electrons. The average Bonchev–Trinajstić information content (AvgIpc) is 3.08. The Hall–Kier alpha value is -0.900. The van der Waals surface area contributed by atoms with E-state index in [1.807, 2.05) is 13.8 Å². The maximum atomic E-state index is 12.5. The summed E-state index contributed by atoms with van der Waals surface area (Å²) in [6.45, 7) is 14.1. The summed E-state index contributed by atoms with van der Waals surface area (Å²) in [5.74, 6) is 1.60. The minimum Gasteiger partial charge on any atom is -0.378 e. The Morgan fingerprint density at radius 2 is 1.83 bits per heavy atom. The largest absolute Gasteiger partial charge is 0.378 e. The van der Waals surface area contributed by atoms with Crippen LogP contribution in [0.2, 0.25) is 0 Å². The lowest BCUT2D eigenvalue weighted by molar-refractivity contribution is 0.0904. The van der Waals surface area contributed by atoms with Crippen LogP contribution < -0.4 is 5.32 Å². The molecule has 2 aliphatic rings. The highest BCUT2D eigenvalue weighted by Gasteiger charge is 2.29. The molecule has 0 aromatic carbocycles. The molecule has 9 heteroatoms. The van der Waals surface area contributed by atoms with Crippen molar-refractivity contribution in [3.05, 3.63) is 0 Å². The first-order valence-corrected chi connectivity index (χ1v) is 12.6. The van der Waals surface area contributed by atoms with Gasteiger partial charge in [-0.05, 0) is 39.2 Å². The van der Waals surface area contributed by atoms with Crippen LogP contribution in [-0.2, 0) is 14.8 Å². The third-order valence-corrected chi connectivity index (χ3v) is 7.36. The van der Waals surface area contributed by atoms with Crippen molar-refractivity contribution in [2.45, 2.75) is 52.7 Å². The second kappa shape index (κ2) is 11.5. The second-order valence-corrected chi connectivity index (χ2v) is 10.8. The van der Waals surface area contributed by atoms with Crippen molar-refractivity contribution in [2.75, 3.05) is 65.2 Å². The van der Waals surface area contributed by atoms with E-state index < -0.39 is 10.0 Å². The summed E-state index contributed by atoms with van der Waals surface area (Å²) in [5.41, 5.74) is 0. The molecule has 8 nitrogen and oxygen atoms in total. The number of hydrogen-bond acceptors (Lipinski definition) is 5. The first-order chi connectivity index (χ1) is 13.7. The van der Waals surface area contributed by atoms with Crippen molar-refractivity contribution in [2.24, 2.45) is 10.9 Å². The van der Waals surface area contributed by atoms with Gasteiger partial charge in [-0.3, -0.25) is 9.89 Å². The van der Waals surface area contributed by atoms with E-state index in [0.29, 0.717) is 38.1 Å². The van der Waals surface area contributed by atoms with E-state index in [1.54, 1.807) is 11.4 Å². The fraction of sp³-hybridized carbons (Fsp3) is 0.950. The molecule has 0 aliphatic carbocycles. The van der Waals surface area contributed by atoms with Crippen molar-refractivity contribution < 1.29 is 13.2 Å². The number of guanidine groups is 1. The van der Waals surface area contributed by atoms with E-state index in [0.717, 1.165) is 19.0 Å². The van der Waals surface area contributed by atoms with Gasteiger partial charge in [0.05, 0.1) is 18.5 Å². The molecule has 0 amide bonds. The third kappa shape index (κ3) is 7.70. The lowest BCUT2D eigenvalue weighted by Gasteiger charge is -2.36. The van der Waals surface area contributed by atoms with Crippen LogP contribution in [0.4, 0.5) is 0 Å². The number of piperazine rings is 1. The highest BCUT2D eigenvalue weighted by Crippen LogP contribution is 2.18. The zero-order chi connectivity index (χ0) is 21.4. The molecular formula is C20H41N5O3S. The Morgan fingerprint density at radius 1 is 1.14 bits per heavy atom. The summed E-state index contributed by atoms with van der Waals surface area (Å²) in [7, 11) is -1.46. The van der Waals surface area contributed by atoms with E-state index in [2.05, 4.69) is 34.0 Å². The number of aliphatic imine (C=N–C) groups is 1. The van der Waals surface area contributed by atoms with Gasteiger partial charge < -0.3 is 15.0 Å². The Bertz CT molecular complexity index is 616. The second-order valence-electron chi connectivity index (χ2n) is 8.73. The maximum absolute atomic E-state index is 12.5. The van der Waals surface area contributed by atoms with E-state index in [9.17, 15) is 8.42 Å². The molecule has 2 aliphatic heterocycles. The standard InChI is InChI=1S/C20H41N5O3S/c1-17(2)16-24-8-6-7-19(24)15-22-20(21-5)23-9-11-25(12-10-23)29(26,27)14-13-28-18(3)4/h17-19H,6-16H2,1-5H3,(H,21,22)/t19-/m1/s1. The van der Waals surface area contributed by atoms with Crippen LogP contribution in [0.1, 0.15) is 40.5 Å². The van der Waals surface area contributed by atoms with Crippen LogP contribution >= 0.6 is 0 Å². The summed E-state index contributed by atoms with van der Waals surface area (Å²) in [5, 5.41) is 3.53. The van der Waals surface area contributed by atoms with Crippen molar-refractivity contribution >= 4 is 16.0 Å². The van der Waals surface area contributed by atoms with Crippen LogP contribution in [0.15, 0.2) is 4.99 Å². The highest BCUT2D eigenvalue weighted by atomic mass is 32.2. The number of rotatable bonds is 9. The Kier molecular flexibility index (Phi) is 9.65. The van der Waals surface area contributed by atoms with Gasteiger partial charge in [0, 0.05) is 52.4 Å². The van der Waals surface area contributed by atoms with Gasteiger partial charge in [-0.1, -0.05) is 13.8 Å². The van der Waals surface area contributed by atoms with Gasteiger partial charge in [0.15, 0.2) is 5.96 Å². The molecule has 0 bridgehead atoms. The molecule has 2 fully saturated rings. The highest BCUT2D eigenvalue weighted by molar-refractivity contribution is 7.89. The van der Waals surface area contributed by atoms with Gasteiger partial charge in [-0.15, -0.1) is 0 Å². The number of nitrogens with zero attached hydrogens (tertiary/aromatic N) is 4. The summed E-state index contributed by atoms with van der Waals surface area (Å²) < 4.78 is 32.0. The molecule has 2 rings (SSSR count). The predicted octanol–water partition coefficient (Wildman–Crippen LogP) is 1.05.